The van der Waals surface area contributed by atoms with Crippen molar-refractivity contribution in [1.29, 1.82) is 0 Å². The van der Waals surface area contributed by atoms with Gasteiger partial charge in [-0.2, -0.15) is 0 Å². The van der Waals surface area contributed by atoms with Gasteiger partial charge in [0.25, 0.3) is 0 Å². The summed E-state index contributed by atoms with van der Waals surface area (Å²) in [6.45, 7) is 12.6. The Labute approximate surface area is 122 Å². The molecule has 0 bridgehead atoms. The number of piperazine rings is 1. The molecular weight excluding hydrogens is 252 g/mol. The Balaban J connectivity index is 2.02. The third-order valence-corrected chi connectivity index (χ3v) is 5.38. The highest BCUT2D eigenvalue weighted by Gasteiger charge is 2.33. The summed E-state index contributed by atoms with van der Waals surface area (Å²) in [7, 11) is 0. The van der Waals surface area contributed by atoms with Crippen LogP contribution in [0.4, 0.5) is 0 Å². The lowest BCUT2D eigenvalue weighted by atomic mass is 9.96. The van der Waals surface area contributed by atoms with Gasteiger partial charge < -0.3 is 5.32 Å². The van der Waals surface area contributed by atoms with Gasteiger partial charge in [0.1, 0.15) is 0 Å². The zero-order valence-corrected chi connectivity index (χ0v) is 13.6. The van der Waals surface area contributed by atoms with Crippen molar-refractivity contribution in [2.45, 2.75) is 65.1 Å². The van der Waals surface area contributed by atoms with E-state index in [2.05, 4.69) is 50.0 Å². The number of aryl methyl sites for hydroxylation is 1. The maximum absolute atomic E-state index is 3.70. The molecule has 108 valence electrons. The maximum atomic E-state index is 3.70. The Hall–Kier alpha value is -0.380. The molecule has 1 atom stereocenters. The first-order chi connectivity index (χ1) is 9.05. The van der Waals surface area contributed by atoms with E-state index in [0.29, 0.717) is 6.04 Å². The molecule has 1 aromatic rings. The fraction of sp³-hybridized carbons (Fsp3) is 0.750. The Kier molecular flexibility index (Phi) is 5.04. The summed E-state index contributed by atoms with van der Waals surface area (Å²) in [6.07, 6.45) is 3.72. The Morgan fingerprint density at radius 1 is 1.32 bits per heavy atom. The van der Waals surface area contributed by atoms with Crippen molar-refractivity contribution >= 4 is 11.3 Å². The third-order valence-electron chi connectivity index (χ3n) is 4.17. The molecule has 0 spiro atoms. The number of thiophene rings is 1. The molecule has 0 radical (unpaired) electrons. The van der Waals surface area contributed by atoms with E-state index >= 15 is 0 Å². The van der Waals surface area contributed by atoms with Crippen LogP contribution in [0.5, 0.6) is 0 Å². The average Bonchev–Trinajstić information content (AvgIpc) is 2.82. The second kappa shape index (κ2) is 6.38. The van der Waals surface area contributed by atoms with E-state index in [0.717, 1.165) is 19.5 Å². The molecule has 1 saturated heterocycles. The van der Waals surface area contributed by atoms with E-state index in [4.69, 9.17) is 0 Å². The van der Waals surface area contributed by atoms with Gasteiger partial charge in [-0.15, -0.1) is 11.3 Å². The SMILES string of the molecule is CCCC1CN(Cc2ccc(CC)s2)C(C)(C)CN1. The molecule has 1 aromatic heterocycles. The average molecular weight is 280 g/mol. The normalized spacial score (nSPS) is 23.7. The van der Waals surface area contributed by atoms with E-state index < -0.39 is 0 Å². The number of hydrogen-bond donors (Lipinski definition) is 1. The Morgan fingerprint density at radius 3 is 2.68 bits per heavy atom. The van der Waals surface area contributed by atoms with Gasteiger partial charge in [0.15, 0.2) is 0 Å². The number of nitrogens with zero attached hydrogens (tertiary/aromatic N) is 1. The van der Waals surface area contributed by atoms with Gasteiger partial charge in [-0.25, -0.2) is 0 Å². The molecule has 2 nitrogen and oxygen atoms in total. The van der Waals surface area contributed by atoms with Gasteiger partial charge in [0, 0.05) is 41.0 Å². The van der Waals surface area contributed by atoms with Crippen molar-refractivity contribution in [3.63, 3.8) is 0 Å². The minimum atomic E-state index is 0.264. The predicted molar refractivity (Wildman–Crippen MR) is 84.9 cm³/mol. The standard InChI is InChI=1S/C16H28N2S/c1-5-7-13-10-18(16(3,4)12-17-13)11-15-9-8-14(6-2)19-15/h8-9,13,17H,5-7,10-12H2,1-4H3. The molecule has 0 aromatic carbocycles. The van der Waals surface area contributed by atoms with Crippen LogP contribution in [-0.4, -0.2) is 29.6 Å². The number of nitrogens with one attached hydrogen (secondary N) is 1. The van der Waals surface area contributed by atoms with Crippen LogP contribution >= 0.6 is 11.3 Å². The number of rotatable bonds is 5. The predicted octanol–water partition coefficient (Wildman–Crippen LogP) is 3.66. The first kappa shape index (κ1) is 15.0. The van der Waals surface area contributed by atoms with Crippen LogP contribution in [0.25, 0.3) is 0 Å². The van der Waals surface area contributed by atoms with Gasteiger partial charge in [0.2, 0.25) is 0 Å². The Morgan fingerprint density at radius 2 is 2.05 bits per heavy atom. The maximum Gasteiger partial charge on any atom is 0.0334 e. The molecule has 1 aliphatic rings. The van der Waals surface area contributed by atoms with Crippen molar-refractivity contribution in [2.75, 3.05) is 13.1 Å². The van der Waals surface area contributed by atoms with Crippen LogP contribution in [-0.2, 0) is 13.0 Å². The van der Waals surface area contributed by atoms with E-state index in [1.165, 1.54) is 29.1 Å². The van der Waals surface area contributed by atoms with Crippen molar-refractivity contribution < 1.29 is 0 Å². The van der Waals surface area contributed by atoms with Crippen LogP contribution in [0.2, 0.25) is 0 Å². The lowest BCUT2D eigenvalue weighted by Crippen LogP contribution is -2.61. The van der Waals surface area contributed by atoms with Crippen molar-refractivity contribution in [1.82, 2.24) is 10.2 Å². The summed E-state index contributed by atoms with van der Waals surface area (Å²) >= 11 is 1.98. The largest absolute Gasteiger partial charge is 0.311 e. The smallest absolute Gasteiger partial charge is 0.0334 e. The third kappa shape index (κ3) is 3.80. The molecule has 1 fully saturated rings. The fourth-order valence-electron chi connectivity index (χ4n) is 2.79. The molecule has 0 aliphatic carbocycles. The summed E-state index contributed by atoms with van der Waals surface area (Å²) in [4.78, 5) is 5.69. The minimum Gasteiger partial charge on any atom is -0.311 e. The Bertz CT molecular complexity index is 397. The van der Waals surface area contributed by atoms with Gasteiger partial charge >= 0.3 is 0 Å². The van der Waals surface area contributed by atoms with Crippen LogP contribution in [0, 0.1) is 0 Å². The molecule has 19 heavy (non-hydrogen) atoms. The molecular formula is C16H28N2S. The first-order valence-electron chi connectivity index (χ1n) is 7.61. The molecule has 0 amide bonds. The highest BCUT2D eigenvalue weighted by molar-refractivity contribution is 7.11. The van der Waals surface area contributed by atoms with Crippen LogP contribution in [0.3, 0.4) is 0 Å². The second-order valence-corrected chi connectivity index (χ2v) is 7.53. The van der Waals surface area contributed by atoms with Crippen molar-refractivity contribution in [3.05, 3.63) is 21.9 Å². The highest BCUT2D eigenvalue weighted by atomic mass is 32.1. The van der Waals surface area contributed by atoms with Gasteiger partial charge in [-0.05, 0) is 38.8 Å². The van der Waals surface area contributed by atoms with Crippen LogP contribution in [0.1, 0.15) is 50.3 Å². The van der Waals surface area contributed by atoms with Gasteiger partial charge in [0.05, 0.1) is 0 Å². The number of hydrogen-bond acceptors (Lipinski definition) is 3. The first-order valence-corrected chi connectivity index (χ1v) is 8.43. The summed E-state index contributed by atoms with van der Waals surface area (Å²) in [5.41, 5.74) is 0.264. The zero-order valence-electron chi connectivity index (χ0n) is 12.8. The van der Waals surface area contributed by atoms with E-state index in [9.17, 15) is 0 Å². The monoisotopic (exact) mass is 280 g/mol. The second-order valence-electron chi connectivity index (χ2n) is 6.28. The van der Waals surface area contributed by atoms with Crippen LogP contribution in [0.15, 0.2) is 12.1 Å². The summed E-state index contributed by atoms with van der Waals surface area (Å²) in [5, 5.41) is 3.70. The molecule has 1 aliphatic heterocycles. The van der Waals surface area contributed by atoms with E-state index in [1.54, 1.807) is 0 Å². The summed E-state index contributed by atoms with van der Waals surface area (Å²) < 4.78 is 0. The summed E-state index contributed by atoms with van der Waals surface area (Å²) in [6, 6.07) is 5.28. The van der Waals surface area contributed by atoms with Crippen molar-refractivity contribution in [3.8, 4) is 0 Å². The highest BCUT2D eigenvalue weighted by Crippen LogP contribution is 2.26. The van der Waals surface area contributed by atoms with E-state index in [-0.39, 0.29) is 5.54 Å². The lowest BCUT2D eigenvalue weighted by molar-refractivity contribution is 0.0573. The van der Waals surface area contributed by atoms with Gasteiger partial charge in [-0.1, -0.05) is 20.3 Å². The van der Waals surface area contributed by atoms with E-state index in [1.807, 2.05) is 11.3 Å². The minimum absolute atomic E-state index is 0.264. The molecule has 1 N–H and O–H groups in total. The van der Waals surface area contributed by atoms with Crippen LogP contribution < -0.4 is 5.32 Å². The quantitative estimate of drug-likeness (QED) is 0.885. The van der Waals surface area contributed by atoms with Crippen molar-refractivity contribution in [2.24, 2.45) is 0 Å². The molecule has 0 saturated carbocycles. The zero-order chi connectivity index (χ0) is 13.9. The summed E-state index contributed by atoms with van der Waals surface area (Å²) in [5.74, 6) is 0. The molecule has 1 unspecified atom stereocenters. The topological polar surface area (TPSA) is 15.3 Å². The molecule has 2 rings (SSSR count). The van der Waals surface area contributed by atoms with Gasteiger partial charge in [-0.3, -0.25) is 4.90 Å². The lowest BCUT2D eigenvalue weighted by Gasteiger charge is -2.46. The molecule has 2 heterocycles. The molecule has 3 heteroatoms. The fourth-order valence-corrected chi connectivity index (χ4v) is 3.76.